The first-order valence-corrected chi connectivity index (χ1v) is 6.33. The van der Waals surface area contributed by atoms with E-state index in [9.17, 15) is 13.6 Å². The molecule has 0 atom stereocenters. The molecule has 1 heterocycles. The molecule has 0 aliphatic carbocycles. The Morgan fingerprint density at radius 1 is 1.65 bits per heavy atom. The second-order valence-electron chi connectivity index (χ2n) is 3.03. The molecule has 0 N–H and O–H groups in total. The van der Waals surface area contributed by atoms with Gasteiger partial charge in [-0.1, -0.05) is 0 Å². The van der Waals surface area contributed by atoms with E-state index in [1.54, 1.807) is 29.5 Å². The van der Waals surface area contributed by atoms with E-state index < -0.39 is 12.4 Å². The minimum atomic E-state index is -2.67. The van der Waals surface area contributed by atoms with E-state index in [0.29, 0.717) is 0 Å². The maximum Gasteiger partial charge on any atom is 0.356 e. The van der Waals surface area contributed by atoms with Crippen molar-refractivity contribution in [1.29, 1.82) is 0 Å². The molecule has 0 bridgehead atoms. The van der Waals surface area contributed by atoms with Crippen molar-refractivity contribution in [3.05, 3.63) is 26.6 Å². The Labute approximate surface area is 116 Å². The van der Waals surface area contributed by atoms with Gasteiger partial charge in [0.2, 0.25) is 0 Å². The van der Waals surface area contributed by atoms with E-state index in [1.807, 2.05) is 0 Å². The highest BCUT2D eigenvalue weighted by atomic mass is 127. The minimum Gasteiger partial charge on any atom is -0.461 e. The fraction of sp³-hybridized carbons (Fsp3) is 0.400. The van der Waals surface area contributed by atoms with Gasteiger partial charge in [0, 0.05) is 5.88 Å². The fourth-order valence-electron chi connectivity index (χ4n) is 1.22. The third-order valence-electron chi connectivity index (χ3n) is 1.94. The first-order chi connectivity index (χ1) is 8.01. The van der Waals surface area contributed by atoms with E-state index in [0.717, 1.165) is 0 Å². The lowest BCUT2D eigenvalue weighted by molar-refractivity contribution is 0.0518. The summed E-state index contributed by atoms with van der Waals surface area (Å²) in [7, 11) is 0. The van der Waals surface area contributed by atoms with E-state index in [1.165, 1.54) is 6.07 Å². The number of carbonyl (C=O) groups excluding carboxylic acids is 1. The predicted octanol–water partition coefficient (Wildman–Crippen LogP) is 3.54. The number of halogens is 4. The van der Waals surface area contributed by atoms with E-state index >= 15 is 0 Å². The summed E-state index contributed by atoms with van der Waals surface area (Å²) in [6.07, 6.45) is -2.67. The number of ether oxygens (including phenoxy) is 1. The second kappa shape index (κ2) is 6.44. The second-order valence-corrected chi connectivity index (χ2v) is 4.31. The van der Waals surface area contributed by atoms with Crippen molar-refractivity contribution in [2.75, 3.05) is 6.61 Å². The van der Waals surface area contributed by atoms with Gasteiger partial charge >= 0.3 is 5.97 Å². The molecule has 0 spiro atoms. The van der Waals surface area contributed by atoms with Crippen LogP contribution in [0.3, 0.4) is 0 Å². The molecular weight excluding hydrogens is 366 g/mol. The summed E-state index contributed by atoms with van der Waals surface area (Å²) in [6, 6.07) is 1.24. The molecule has 0 fully saturated rings. The van der Waals surface area contributed by atoms with Gasteiger partial charge in [-0.2, -0.15) is 0 Å². The number of pyridine rings is 1. The quantitative estimate of drug-likeness (QED) is 0.350. The lowest BCUT2D eigenvalue weighted by Crippen LogP contribution is -2.11. The Kier molecular flexibility index (Phi) is 5.51. The largest absolute Gasteiger partial charge is 0.461 e. The lowest BCUT2D eigenvalue weighted by Gasteiger charge is -2.10. The molecule has 3 nitrogen and oxygen atoms in total. The summed E-state index contributed by atoms with van der Waals surface area (Å²) >= 11 is 7.24. The number of alkyl halides is 3. The predicted molar refractivity (Wildman–Crippen MR) is 67.4 cm³/mol. The van der Waals surface area contributed by atoms with Crippen molar-refractivity contribution in [2.24, 2.45) is 0 Å². The van der Waals surface area contributed by atoms with Gasteiger partial charge < -0.3 is 4.74 Å². The van der Waals surface area contributed by atoms with Crippen molar-refractivity contribution in [3.8, 4) is 0 Å². The number of nitrogens with zero attached hydrogens (tertiary/aromatic N) is 1. The molecule has 1 rings (SSSR count). The lowest BCUT2D eigenvalue weighted by atomic mass is 10.1. The van der Waals surface area contributed by atoms with Crippen LogP contribution in [0.2, 0.25) is 0 Å². The van der Waals surface area contributed by atoms with Crippen LogP contribution in [-0.4, -0.2) is 17.6 Å². The van der Waals surface area contributed by atoms with Gasteiger partial charge in [-0.3, -0.25) is 0 Å². The molecule has 0 aliphatic rings. The Morgan fingerprint density at radius 2 is 2.29 bits per heavy atom. The summed E-state index contributed by atoms with van der Waals surface area (Å²) in [6.45, 7) is 1.85. The molecule has 0 unspecified atom stereocenters. The topological polar surface area (TPSA) is 39.2 Å². The third-order valence-corrected chi connectivity index (χ3v) is 3.05. The van der Waals surface area contributed by atoms with Gasteiger partial charge in [0.25, 0.3) is 6.43 Å². The third kappa shape index (κ3) is 3.48. The number of rotatable bonds is 4. The van der Waals surface area contributed by atoms with Gasteiger partial charge in [-0.05, 0) is 41.1 Å². The average molecular weight is 376 g/mol. The fourth-order valence-corrected chi connectivity index (χ4v) is 2.29. The van der Waals surface area contributed by atoms with Gasteiger partial charge in [0.1, 0.15) is 9.39 Å². The van der Waals surface area contributed by atoms with Crippen molar-refractivity contribution in [1.82, 2.24) is 4.98 Å². The van der Waals surface area contributed by atoms with E-state index in [2.05, 4.69) is 4.98 Å². The highest BCUT2D eigenvalue weighted by Gasteiger charge is 2.21. The number of hydrogen-bond acceptors (Lipinski definition) is 3. The minimum absolute atomic E-state index is 0.00343. The monoisotopic (exact) mass is 375 g/mol. The molecule has 0 radical (unpaired) electrons. The van der Waals surface area contributed by atoms with Crippen LogP contribution in [-0.2, 0) is 10.6 Å². The van der Waals surface area contributed by atoms with Crippen LogP contribution in [0.1, 0.15) is 35.0 Å². The first kappa shape index (κ1) is 14.6. The SMILES string of the molecule is CCOC(=O)c1cc(CCl)c(C(F)F)c(I)n1. The van der Waals surface area contributed by atoms with Gasteiger partial charge in [-0.15, -0.1) is 11.6 Å². The smallest absolute Gasteiger partial charge is 0.356 e. The molecule has 0 saturated carbocycles. The number of esters is 1. The molecule has 0 aromatic carbocycles. The molecule has 0 amide bonds. The molecule has 94 valence electrons. The van der Waals surface area contributed by atoms with Crippen LogP contribution in [0.5, 0.6) is 0 Å². The molecule has 0 aliphatic heterocycles. The van der Waals surface area contributed by atoms with Crippen LogP contribution in [0.25, 0.3) is 0 Å². The summed E-state index contributed by atoms with van der Waals surface area (Å²) in [5, 5.41) is 0. The summed E-state index contributed by atoms with van der Waals surface area (Å²) in [5.41, 5.74) is -0.0333. The standard InChI is InChI=1S/C10H9ClF2INO2/c1-2-17-10(16)6-3-5(4-11)7(8(12)13)9(14)15-6/h3,8H,2,4H2,1H3. The number of aromatic nitrogens is 1. The molecule has 7 heteroatoms. The highest BCUT2D eigenvalue weighted by Crippen LogP contribution is 2.28. The van der Waals surface area contributed by atoms with Crippen LogP contribution in [0, 0.1) is 3.70 Å². The molecule has 1 aromatic rings. The van der Waals surface area contributed by atoms with Crippen molar-refractivity contribution >= 4 is 40.2 Å². The normalized spacial score (nSPS) is 10.7. The van der Waals surface area contributed by atoms with Crippen LogP contribution >= 0.6 is 34.2 Å². The molecule has 17 heavy (non-hydrogen) atoms. The van der Waals surface area contributed by atoms with Crippen molar-refractivity contribution in [2.45, 2.75) is 19.2 Å². The maximum absolute atomic E-state index is 12.7. The van der Waals surface area contributed by atoms with Crippen LogP contribution in [0.15, 0.2) is 6.07 Å². The Balaban J connectivity index is 3.22. The van der Waals surface area contributed by atoms with Gasteiger partial charge in [0.15, 0.2) is 0 Å². The van der Waals surface area contributed by atoms with Crippen LogP contribution in [0.4, 0.5) is 8.78 Å². The molecule has 1 aromatic heterocycles. The molecule has 0 saturated heterocycles. The zero-order chi connectivity index (χ0) is 13.0. The average Bonchev–Trinajstić information content (AvgIpc) is 2.27. The highest BCUT2D eigenvalue weighted by molar-refractivity contribution is 14.1. The summed E-state index contributed by atoms with van der Waals surface area (Å²) < 4.78 is 30.3. The Morgan fingerprint density at radius 3 is 2.76 bits per heavy atom. The summed E-state index contributed by atoms with van der Waals surface area (Å²) in [5.74, 6) is -0.748. The Bertz CT molecular complexity index is 429. The molecular formula is C10H9ClF2INO2. The van der Waals surface area contributed by atoms with E-state index in [4.69, 9.17) is 16.3 Å². The van der Waals surface area contributed by atoms with Crippen molar-refractivity contribution in [3.63, 3.8) is 0 Å². The van der Waals surface area contributed by atoms with Gasteiger partial charge in [-0.25, -0.2) is 18.6 Å². The van der Waals surface area contributed by atoms with Crippen molar-refractivity contribution < 1.29 is 18.3 Å². The zero-order valence-corrected chi connectivity index (χ0v) is 11.8. The van der Waals surface area contributed by atoms with E-state index in [-0.39, 0.29) is 33.0 Å². The Hall–Kier alpha value is -0.500. The zero-order valence-electron chi connectivity index (χ0n) is 8.84. The van der Waals surface area contributed by atoms with Gasteiger partial charge in [0.05, 0.1) is 12.2 Å². The number of hydrogen-bond donors (Lipinski definition) is 0. The van der Waals surface area contributed by atoms with Crippen LogP contribution < -0.4 is 0 Å². The summed E-state index contributed by atoms with van der Waals surface area (Å²) in [4.78, 5) is 15.2. The number of carbonyl (C=O) groups is 1. The maximum atomic E-state index is 12.7. The first-order valence-electron chi connectivity index (χ1n) is 4.71.